The molecule has 7 heteroatoms. The van der Waals surface area contributed by atoms with E-state index in [1.165, 1.54) is 22.3 Å². The zero-order valence-corrected chi connectivity index (χ0v) is 15.0. The van der Waals surface area contributed by atoms with E-state index in [0.29, 0.717) is 0 Å². The van der Waals surface area contributed by atoms with Crippen LogP contribution in [0.15, 0.2) is 53.4 Å². The van der Waals surface area contributed by atoms with Crippen LogP contribution in [0, 0.1) is 6.92 Å². The van der Waals surface area contributed by atoms with Gasteiger partial charge in [0, 0.05) is 6.07 Å². The highest BCUT2D eigenvalue weighted by atomic mass is 32.2. The summed E-state index contributed by atoms with van der Waals surface area (Å²) in [5.74, 6) is 0. The van der Waals surface area contributed by atoms with Gasteiger partial charge in [0.2, 0.25) is 5.52 Å². The minimum Gasteiger partial charge on any atom is -0.744 e. The number of nitrogens with zero attached hydrogens (tertiary/aromatic N) is 1. The third-order valence-electron chi connectivity index (χ3n) is 3.18. The lowest BCUT2D eigenvalue weighted by Crippen LogP contribution is -2.30. The maximum Gasteiger partial charge on any atom is 0.273 e. The number of thiazole rings is 1. The van der Waals surface area contributed by atoms with Crippen LogP contribution in [0.3, 0.4) is 0 Å². The van der Waals surface area contributed by atoms with E-state index in [9.17, 15) is 13.0 Å². The van der Waals surface area contributed by atoms with Crippen molar-refractivity contribution in [2.24, 2.45) is 7.05 Å². The monoisotopic (exact) mass is 365 g/mol. The summed E-state index contributed by atoms with van der Waals surface area (Å²) in [6.45, 7) is 1.82. The smallest absolute Gasteiger partial charge is 0.273 e. The zero-order valence-electron chi connectivity index (χ0n) is 12.6. The van der Waals surface area contributed by atoms with Crippen LogP contribution >= 0.6 is 23.6 Å². The van der Waals surface area contributed by atoms with Crippen molar-refractivity contribution in [1.29, 1.82) is 0 Å². The summed E-state index contributed by atoms with van der Waals surface area (Å²) in [6.07, 6.45) is 0. The summed E-state index contributed by atoms with van der Waals surface area (Å²) in [4.78, 5) is -0.178. The molecule has 0 bridgehead atoms. The molecule has 0 spiro atoms. The average molecular weight is 366 g/mol. The number of aromatic nitrogens is 1. The lowest BCUT2D eigenvalue weighted by atomic mass is 10.2. The molecular weight excluding hydrogens is 350 g/mol. The highest BCUT2D eigenvalue weighted by Gasteiger charge is 2.12. The maximum absolute atomic E-state index is 10.4. The molecule has 0 atom stereocenters. The van der Waals surface area contributed by atoms with Crippen LogP contribution in [0.2, 0.25) is 0 Å². The van der Waals surface area contributed by atoms with Gasteiger partial charge in [-0.15, -0.1) is 0 Å². The molecule has 3 rings (SSSR count). The van der Waals surface area contributed by atoms with Crippen molar-refractivity contribution in [3.05, 3.63) is 59.1 Å². The summed E-state index contributed by atoms with van der Waals surface area (Å²) in [5, 5.41) is 2.86. The highest BCUT2D eigenvalue weighted by Crippen LogP contribution is 2.17. The molecule has 0 aliphatic carbocycles. The average Bonchev–Trinajstić information content (AvgIpc) is 2.84. The number of rotatable bonds is 2. The number of hydrogen-bond acceptors (Lipinski definition) is 5. The lowest BCUT2D eigenvalue weighted by molar-refractivity contribution is -0.641. The van der Waals surface area contributed by atoms with Gasteiger partial charge in [0.05, 0.1) is 10.3 Å². The Morgan fingerprint density at radius 1 is 1.13 bits per heavy atom. The fourth-order valence-electron chi connectivity index (χ4n) is 1.93. The fraction of sp³-hybridized carbons (Fsp3) is 0.125. The molecule has 0 aliphatic rings. The van der Waals surface area contributed by atoms with Gasteiger partial charge in [-0.25, -0.2) is 8.42 Å². The van der Waals surface area contributed by atoms with E-state index in [1.54, 1.807) is 28.8 Å². The Hall–Kier alpha value is -1.67. The van der Waals surface area contributed by atoms with Crippen molar-refractivity contribution < 1.29 is 17.5 Å². The molecule has 0 amide bonds. The minimum absolute atomic E-state index is 0.178. The summed E-state index contributed by atoms with van der Waals surface area (Å²) >= 11 is 6.64. The second-order valence-electron chi connectivity index (χ2n) is 4.85. The van der Waals surface area contributed by atoms with Crippen LogP contribution in [-0.2, 0) is 17.2 Å². The van der Waals surface area contributed by atoms with Crippen LogP contribution in [0.4, 0.5) is 0 Å². The fourth-order valence-corrected chi connectivity index (χ4v) is 3.67. The van der Waals surface area contributed by atoms with Gasteiger partial charge in [-0.2, -0.15) is 4.57 Å². The predicted molar refractivity (Wildman–Crippen MR) is 94.9 cm³/mol. The van der Waals surface area contributed by atoms with Crippen LogP contribution in [-0.4, -0.2) is 18.3 Å². The summed E-state index contributed by atoms with van der Waals surface area (Å²) in [6, 6.07) is 14.1. The number of benzene rings is 2. The topological polar surface area (TPSA) is 61.1 Å². The van der Waals surface area contributed by atoms with Gasteiger partial charge in [-0.3, -0.25) is 0 Å². The second-order valence-corrected chi connectivity index (χ2v) is 7.53. The standard InChI is InChI=1S/C9H8NS2.C7H8O3S/c1-10-7-4-2-3-5-8(7)12-9(10)6-11;1-6-2-4-7(5-3-6)11(8,9)10/h2-6H,1H3;2-5H,1H3,(H,8,9,10)/q+1;/p-1. The van der Waals surface area contributed by atoms with Crippen LogP contribution < -0.4 is 4.57 Å². The van der Waals surface area contributed by atoms with E-state index in [1.807, 2.05) is 26.1 Å². The van der Waals surface area contributed by atoms with Crippen LogP contribution in [0.5, 0.6) is 0 Å². The molecule has 0 unspecified atom stereocenters. The van der Waals surface area contributed by atoms with Gasteiger partial charge < -0.3 is 4.55 Å². The van der Waals surface area contributed by atoms with E-state index in [0.717, 1.165) is 10.6 Å². The highest BCUT2D eigenvalue weighted by molar-refractivity contribution is 7.85. The van der Waals surface area contributed by atoms with E-state index < -0.39 is 10.1 Å². The van der Waals surface area contributed by atoms with Crippen LogP contribution in [0.25, 0.3) is 10.2 Å². The quantitative estimate of drug-likeness (QED) is 0.398. The Morgan fingerprint density at radius 3 is 2.26 bits per heavy atom. The molecule has 23 heavy (non-hydrogen) atoms. The molecule has 0 saturated carbocycles. The van der Waals surface area contributed by atoms with Gasteiger partial charge >= 0.3 is 0 Å². The number of aryl methyl sites for hydroxylation is 2. The van der Waals surface area contributed by atoms with Crippen LogP contribution in [0.1, 0.15) is 10.6 Å². The van der Waals surface area contributed by atoms with Gasteiger partial charge in [0.1, 0.15) is 21.9 Å². The molecule has 0 aliphatic heterocycles. The van der Waals surface area contributed by atoms with E-state index in [-0.39, 0.29) is 4.90 Å². The molecule has 0 radical (unpaired) electrons. The molecule has 3 aromatic rings. The lowest BCUT2D eigenvalue weighted by Gasteiger charge is -2.05. The molecule has 2 aromatic carbocycles. The van der Waals surface area contributed by atoms with Gasteiger partial charge in [-0.1, -0.05) is 53.4 Å². The minimum atomic E-state index is -4.27. The largest absolute Gasteiger partial charge is 0.744 e. The molecule has 0 fully saturated rings. The first-order valence-electron chi connectivity index (χ1n) is 6.68. The summed E-state index contributed by atoms with van der Waals surface area (Å²) < 4.78 is 34.6. The van der Waals surface area contributed by atoms with Gasteiger partial charge in [-0.05, 0) is 25.1 Å². The first-order valence-corrected chi connectivity index (χ1v) is 9.38. The third kappa shape index (κ3) is 4.42. The number of fused-ring (bicyclic) bond motifs is 1. The third-order valence-corrected chi connectivity index (χ3v) is 5.57. The van der Waals surface area contributed by atoms with Crippen molar-refractivity contribution in [1.82, 2.24) is 0 Å². The van der Waals surface area contributed by atoms with Crippen molar-refractivity contribution >= 4 is 49.3 Å². The number of thiocarbonyl (C=S) groups is 1. The van der Waals surface area contributed by atoms with Crippen molar-refractivity contribution in [3.8, 4) is 0 Å². The van der Waals surface area contributed by atoms with Crippen molar-refractivity contribution in [2.75, 3.05) is 0 Å². The first kappa shape index (κ1) is 17.7. The maximum atomic E-state index is 10.4. The van der Waals surface area contributed by atoms with Gasteiger partial charge in [0.25, 0.3) is 5.01 Å². The summed E-state index contributed by atoms with van der Waals surface area (Å²) in [5.41, 5.74) is 2.18. The zero-order chi connectivity index (χ0) is 17.0. The number of para-hydroxylation sites is 1. The predicted octanol–water partition coefficient (Wildman–Crippen LogP) is 2.97. The van der Waals surface area contributed by atoms with E-state index >= 15 is 0 Å². The van der Waals surface area contributed by atoms with E-state index in [2.05, 4.69) is 16.7 Å². The molecule has 0 saturated heterocycles. The van der Waals surface area contributed by atoms with E-state index in [4.69, 9.17) is 12.2 Å². The SMILES string of the molecule is C[n+]1c(C=S)sc2ccccc21.Cc1ccc(S(=O)(=O)[O-])cc1. The molecule has 4 nitrogen and oxygen atoms in total. The second kappa shape index (κ2) is 7.27. The summed E-state index contributed by atoms with van der Waals surface area (Å²) in [7, 11) is -2.23. The van der Waals surface area contributed by atoms with Crippen molar-refractivity contribution in [3.63, 3.8) is 0 Å². The first-order chi connectivity index (χ1) is 10.8. The van der Waals surface area contributed by atoms with Crippen molar-refractivity contribution in [2.45, 2.75) is 11.8 Å². The Bertz CT molecular complexity index is 929. The number of hydrogen-bond donors (Lipinski definition) is 0. The Balaban J connectivity index is 0.000000168. The molecule has 120 valence electrons. The van der Waals surface area contributed by atoms with Gasteiger partial charge in [0.15, 0.2) is 0 Å². The molecule has 0 N–H and O–H groups in total. The molecule has 1 heterocycles. The Kier molecular flexibility index (Phi) is 5.59. The molecule has 1 aromatic heterocycles. The Labute approximate surface area is 144 Å². The molecular formula is C16H15NO3S3. The normalized spacial score (nSPS) is 10.9. The Morgan fingerprint density at radius 2 is 1.74 bits per heavy atom.